The standard InChI is InChI=1S/C14H21NO4/c1-8(6-11(15)14(18)19-3)9(2)10-4-5-12(16)13(17)7-10/h4-5,7-9,11,16-17H,6,15H2,1-3H3. The van der Waals surface area contributed by atoms with Crippen molar-refractivity contribution < 1.29 is 19.7 Å². The molecule has 0 saturated carbocycles. The van der Waals surface area contributed by atoms with Gasteiger partial charge in [0.2, 0.25) is 0 Å². The number of hydrogen-bond donors (Lipinski definition) is 3. The highest BCUT2D eigenvalue weighted by Crippen LogP contribution is 2.33. The summed E-state index contributed by atoms with van der Waals surface area (Å²) < 4.78 is 4.60. The Morgan fingerprint density at radius 3 is 2.47 bits per heavy atom. The SMILES string of the molecule is COC(=O)C(N)CC(C)C(C)c1ccc(O)c(O)c1. The van der Waals surface area contributed by atoms with Crippen LogP contribution in [0.4, 0.5) is 0 Å². The number of esters is 1. The predicted molar refractivity (Wildman–Crippen MR) is 72.0 cm³/mol. The molecule has 0 aliphatic carbocycles. The molecule has 1 aromatic carbocycles. The maximum Gasteiger partial charge on any atom is 0.322 e. The average Bonchev–Trinajstić information content (AvgIpc) is 2.39. The first-order valence-corrected chi connectivity index (χ1v) is 6.22. The van der Waals surface area contributed by atoms with E-state index >= 15 is 0 Å². The third-order valence-electron chi connectivity index (χ3n) is 3.51. The molecular formula is C14H21NO4. The fourth-order valence-electron chi connectivity index (χ4n) is 2.00. The van der Waals surface area contributed by atoms with Gasteiger partial charge in [-0.3, -0.25) is 4.79 Å². The Balaban J connectivity index is 2.73. The fraction of sp³-hybridized carbons (Fsp3) is 0.500. The molecule has 0 fully saturated rings. The van der Waals surface area contributed by atoms with Gasteiger partial charge in [0, 0.05) is 0 Å². The van der Waals surface area contributed by atoms with Crippen LogP contribution < -0.4 is 5.73 Å². The summed E-state index contributed by atoms with van der Waals surface area (Å²) >= 11 is 0. The second-order valence-electron chi connectivity index (χ2n) is 4.88. The minimum Gasteiger partial charge on any atom is -0.504 e. The number of benzene rings is 1. The lowest BCUT2D eigenvalue weighted by Gasteiger charge is -2.22. The highest BCUT2D eigenvalue weighted by molar-refractivity contribution is 5.75. The monoisotopic (exact) mass is 267 g/mol. The molecule has 0 aliphatic heterocycles. The van der Waals surface area contributed by atoms with Gasteiger partial charge >= 0.3 is 5.97 Å². The van der Waals surface area contributed by atoms with Crippen molar-refractivity contribution in [2.24, 2.45) is 11.7 Å². The van der Waals surface area contributed by atoms with Crippen LogP contribution in [-0.4, -0.2) is 29.3 Å². The van der Waals surface area contributed by atoms with Crippen LogP contribution in [0.5, 0.6) is 11.5 Å². The molecule has 19 heavy (non-hydrogen) atoms. The molecule has 3 atom stereocenters. The summed E-state index contributed by atoms with van der Waals surface area (Å²) in [6.45, 7) is 3.97. The molecular weight excluding hydrogens is 246 g/mol. The van der Waals surface area contributed by atoms with Gasteiger partial charge in [0.25, 0.3) is 0 Å². The van der Waals surface area contributed by atoms with Crippen LogP contribution in [0, 0.1) is 5.92 Å². The highest BCUT2D eigenvalue weighted by Gasteiger charge is 2.22. The lowest BCUT2D eigenvalue weighted by Crippen LogP contribution is -2.34. The van der Waals surface area contributed by atoms with Crippen molar-refractivity contribution in [1.29, 1.82) is 0 Å². The summed E-state index contributed by atoms with van der Waals surface area (Å²) in [5, 5.41) is 18.8. The first-order chi connectivity index (χ1) is 8.86. The topological polar surface area (TPSA) is 92.8 Å². The molecule has 0 aromatic heterocycles. The summed E-state index contributed by atoms with van der Waals surface area (Å²) in [5.74, 6) is -0.475. The average molecular weight is 267 g/mol. The van der Waals surface area contributed by atoms with Crippen molar-refractivity contribution in [3.63, 3.8) is 0 Å². The highest BCUT2D eigenvalue weighted by atomic mass is 16.5. The number of phenolic OH excluding ortho intramolecular Hbond substituents is 2. The predicted octanol–water partition coefficient (Wildman–Crippen LogP) is 1.73. The van der Waals surface area contributed by atoms with Crippen LogP contribution in [-0.2, 0) is 9.53 Å². The molecule has 0 amide bonds. The van der Waals surface area contributed by atoms with Crippen molar-refractivity contribution in [1.82, 2.24) is 0 Å². The Labute approximate surface area is 113 Å². The molecule has 0 heterocycles. The van der Waals surface area contributed by atoms with Crippen molar-refractivity contribution in [3.8, 4) is 11.5 Å². The maximum atomic E-state index is 11.3. The van der Waals surface area contributed by atoms with E-state index in [1.54, 1.807) is 6.07 Å². The number of phenols is 2. The molecule has 106 valence electrons. The Morgan fingerprint density at radius 1 is 1.32 bits per heavy atom. The van der Waals surface area contributed by atoms with E-state index < -0.39 is 12.0 Å². The molecule has 1 aromatic rings. The van der Waals surface area contributed by atoms with E-state index in [1.165, 1.54) is 19.2 Å². The van der Waals surface area contributed by atoms with Crippen molar-refractivity contribution in [3.05, 3.63) is 23.8 Å². The van der Waals surface area contributed by atoms with E-state index in [0.717, 1.165) is 5.56 Å². The molecule has 1 rings (SSSR count). The van der Waals surface area contributed by atoms with Crippen molar-refractivity contribution in [2.75, 3.05) is 7.11 Å². The zero-order valence-corrected chi connectivity index (χ0v) is 11.5. The van der Waals surface area contributed by atoms with Gasteiger partial charge in [0.15, 0.2) is 11.5 Å². The molecule has 4 N–H and O–H groups in total. The molecule has 0 radical (unpaired) electrons. The van der Waals surface area contributed by atoms with Gasteiger partial charge in [0.05, 0.1) is 7.11 Å². The summed E-state index contributed by atoms with van der Waals surface area (Å²) in [5.41, 5.74) is 6.62. The first-order valence-electron chi connectivity index (χ1n) is 6.22. The van der Waals surface area contributed by atoms with E-state index in [1.807, 2.05) is 13.8 Å². The van der Waals surface area contributed by atoms with Crippen molar-refractivity contribution >= 4 is 5.97 Å². The number of nitrogens with two attached hydrogens (primary N) is 1. The molecule has 3 unspecified atom stereocenters. The molecule has 5 nitrogen and oxygen atoms in total. The van der Waals surface area contributed by atoms with E-state index in [4.69, 9.17) is 5.73 Å². The Bertz CT molecular complexity index is 447. The number of carbonyl (C=O) groups excluding carboxylic acids is 1. The number of rotatable bonds is 5. The van der Waals surface area contributed by atoms with Gasteiger partial charge in [-0.05, 0) is 36.0 Å². The summed E-state index contributed by atoms with van der Waals surface area (Å²) in [6, 6.07) is 4.09. The molecule has 0 saturated heterocycles. The Kier molecular flexibility index (Phi) is 5.18. The quantitative estimate of drug-likeness (QED) is 0.558. The number of methoxy groups -OCH3 is 1. The first kappa shape index (κ1) is 15.3. The summed E-state index contributed by atoms with van der Waals surface area (Å²) in [4.78, 5) is 11.3. The minimum absolute atomic E-state index is 0.0993. The van der Waals surface area contributed by atoms with Crippen LogP contribution in [0.2, 0.25) is 0 Å². The van der Waals surface area contributed by atoms with E-state index in [2.05, 4.69) is 4.74 Å². The van der Waals surface area contributed by atoms with Gasteiger partial charge < -0.3 is 20.7 Å². The number of aromatic hydroxyl groups is 2. The van der Waals surface area contributed by atoms with Gasteiger partial charge in [-0.25, -0.2) is 0 Å². The van der Waals surface area contributed by atoms with E-state index in [-0.39, 0.29) is 23.3 Å². The van der Waals surface area contributed by atoms with Gasteiger partial charge in [-0.15, -0.1) is 0 Å². The lowest BCUT2D eigenvalue weighted by molar-refractivity contribution is -0.142. The van der Waals surface area contributed by atoms with Crippen LogP contribution in [0.15, 0.2) is 18.2 Å². The van der Waals surface area contributed by atoms with Crippen LogP contribution in [0.1, 0.15) is 31.7 Å². The lowest BCUT2D eigenvalue weighted by atomic mass is 9.85. The zero-order chi connectivity index (χ0) is 14.6. The van der Waals surface area contributed by atoms with Crippen molar-refractivity contribution in [2.45, 2.75) is 32.2 Å². The van der Waals surface area contributed by atoms with Gasteiger partial charge in [-0.2, -0.15) is 0 Å². The smallest absolute Gasteiger partial charge is 0.322 e. The Hall–Kier alpha value is -1.75. The van der Waals surface area contributed by atoms with E-state index in [0.29, 0.717) is 6.42 Å². The minimum atomic E-state index is -0.645. The summed E-state index contributed by atoms with van der Waals surface area (Å²) in [7, 11) is 1.31. The number of ether oxygens (including phenoxy) is 1. The normalized spacial score (nSPS) is 15.6. The number of carbonyl (C=O) groups is 1. The third-order valence-corrected chi connectivity index (χ3v) is 3.51. The van der Waals surface area contributed by atoms with Gasteiger partial charge in [0.1, 0.15) is 6.04 Å². The fourth-order valence-corrected chi connectivity index (χ4v) is 2.00. The van der Waals surface area contributed by atoms with Crippen LogP contribution in [0.3, 0.4) is 0 Å². The molecule has 0 bridgehead atoms. The second-order valence-corrected chi connectivity index (χ2v) is 4.88. The molecule has 5 heteroatoms. The maximum absolute atomic E-state index is 11.3. The third kappa shape index (κ3) is 3.86. The second kappa shape index (κ2) is 6.43. The zero-order valence-electron chi connectivity index (χ0n) is 11.5. The van der Waals surface area contributed by atoms with Crippen LogP contribution >= 0.6 is 0 Å². The summed E-state index contributed by atoms with van der Waals surface area (Å²) in [6.07, 6.45) is 0.496. The largest absolute Gasteiger partial charge is 0.504 e. The van der Waals surface area contributed by atoms with E-state index in [9.17, 15) is 15.0 Å². The number of hydrogen-bond acceptors (Lipinski definition) is 5. The van der Waals surface area contributed by atoms with Crippen LogP contribution in [0.25, 0.3) is 0 Å². The molecule has 0 spiro atoms. The Morgan fingerprint density at radius 2 is 1.95 bits per heavy atom. The van der Waals surface area contributed by atoms with Gasteiger partial charge in [-0.1, -0.05) is 19.9 Å². The molecule has 0 aliphatic rings.